The summed E-state index contributed by atoms with van der Waals surface area (Å²) in [5.41, 5.74) is 1.35. The van der Waals surface area contributed by atoms with Crippen LogP contribution >= 0.6 is 0 Å². The number of carbonyl (C=O) groups excluding carboxylic acids is 4. The summed E-state index contributed by atoms with van der Waals surface area (Å²) in [6.07, 6.45) is -1.64. The van der Waals surface area contributed by atoms with Gasteiger partial charge < -0.3 is 51.2 Å². The van der Waals surface area contributed by atoms with Crippen LogP contribution < -0.4 is 21.7 Å². The molecular weight excluding hydrogens is 529 g/mol. The molecule has 1 saturated heterocycles. The summed E-state index contributed by atoms with van der Waals surface area (Å²) < 4.78 is 10.5. The average molecular weight is 573 g/mol. The Morgan fingerprint density at radius 3 is 2.12 bits per heavy atom. The molecule has 0 saturated carbocycles. The van der Waals surface area contributed by atoms with Gasteiger partial charge in [0.25, 0.3) is 0 Å². The van der Waals surface area contributed by atoms with Gasteiger partial charge in [0.15, 0.2) is 5.54 Å². The van der Waals surface area contributed by atoms with Crippen LogP contribution in [0, 0.1) is 5.92 Å². The Morgan fingerprint density at radius 2 is 1.62 bits per heavy atom. The number of primary amides is 1. The Bertz CT molecular complexity index is 921. The van der Waals surface area contributed by atoms with Gasteiger partial charge in [0.2, 0.25) is 5.91 Å². The van der Waals surface area contributed by atoms with Gasteiger partial charge in [0.1, 0.15) is 17.2 Å². The lowest BCUT2D eigenvalue weighted by atomic mass is 9.75. The fraction of sp³-hybridized carbons (Fsp3) is 0.792. The van der Waals surface area contributed by atoms with Gasteiger partial charge >= 0.3 is 31.3 Å². The number of ether oxygens (including phenoxy) is 2. The molecule has 1 rings (SSSR count). The Kier molecular flexibility index (Phi) is 12.5. The summed E-state index contributed by atoms with van der Waals surface area (Å²) in [5, 5.41) is 36.3. The van der Waals surface area contributed by atoms with Gasteiger partial charge in [-0.1, -0.05) is 6.42 Å². The van der Waals surface area contributed by atoms with Crippen molar-refractivity contribution in [3.63, 3.8) is 0 Å². The molecule has 0 aromatic rings. The maximum Gasteiger partial charge on any atom is 0.451 e. The molecule has 1 aliphatic heterocycles. The minimum Gasteiger partial charge on any atom is -0.479 e. The maximum absolute atomic E-state index is 13.7. The highest BCUT2D eigenvalue weighted by Crippen LogP contribution is 2.31. The lowest BCUT2D eigenvalue weighted by molar-refractivity contribution is -0.152. The van der Waals surface area contributed by atoms with Gasteiger partial charge in [-0.05, 0) is 73.0 Å². The number of alkyl carbamates (subject to hydrolysis) is 2. The number of nitrogens with two attached hydrogens (primary N) is 1. The molecule has 0 spiro atoms. The Labute approximate surface area is 234 Å². The fourth-order valence-corrected chi connectivity index (χ4v) is 4.31. The Balaban J connectivity index is 3.31. The number of carboxylic acids is 1. The van der Waals surface area contributed by atoms with Crippen molar-refractivity contribution in [2.45, 2.75) is 96.3 Å². The summed E-state index contributed by atoms with van der Waals surface area (Å²) in [5.74, 6) is -2.60. The predicted octanol–water partition coefficient (Wildman–Crippen LogP) is 0.388. The summed E-state index contributed by atoms with van der Waals surface area (Å²) in [6.45, 7) is 9.49. The lowest BCUT2D eigenvalue weighted by Crippen LogP contribution is -2.67. The van der Waals surface area contributed by atoms with Crippen molar-refractivity contribution in [3.05, 3.63) is 0 Å². The van der Waals surface area contributed by atoms with Crippen molar-refractivity contribution in [3.8, 4) is 0 Å². The number of urea groups is 1. The first-order valence-corrected chi connectivity index (χ1v) is 13.2. The molecule has 228 valence electrons. The quantitative estimate of drug-likeness (QED) is 0.133. The molecule has 1 fully saturated rings. The molecule has 40 heavy (non-hydrogen) atoms. The molecule has 16 heteroatoms. The normalized spacial score (nSPS) is 20.1. The van der Waals surface area contributed by atoms with Crippen LogP contribution in [-0.4, -0.2) is 99.7 Å². The van der Waals surface area contributed by atoms with Crippen LogP contribution in [0.1, 0.15) is 67.2 Å². The van der Waals surface area contributed by atoms with Crippen molar-refractivity contribution in [1.82, 2.24) is 20.9 Å². The molecule has 1 unspecified atom stereocenters. The number of carboxylic acid groups (broad SMARTS) is 1. The van der Waals surface area contributed by atoms with Crippen molar-refractivity contribution in [1.29, 1.82) is 0 Å². The molecule has 1 heterocycles. The number of hydrogen-bond donors (Lipinski definition) is 7. The van der Waals surface area contributed by atoms with E-state index >= 15 is 0 Å². The number of amides is 5. The highest BCUT2D eigenvalue weighted by Gasteiger charge is 2.49. The van der Waals surface area contributed by atoms with Crippen molar-refractivity contribution < 1.29 is 48.6 Å². The first-order chi connectivity index (χ1) is 18.2. The van der Waals surface area contributed by atoms with Crippen LogP contribution in [0.15, 0.2) is 0 Å². The molecule has 0 aromatic heterocycles. The molecule has 0 radical (unpaired) electrons. The van der Waals surface area contributed by atoms with Crippen LogP contribution in [0.3, 0.4) is 0 Å². The van der Waals surface area contributed by atoms with E-state index in [0.717, 1.165) is 0 Å². The second kappa shape index (κ2) is 14.4. The van der Waals surface area contributed by atoms with Gasteiger partial charge in [0, 0.05) is 13.1 Å². The zero-order valence-corrected chi connectivity index (χ0v) is 24.1. The fourth-order valence-electron chi connectivity index (χ4n) is 4.31. The highest BCUT2D eigenvalue weighted by molar-refractivity contribution is 6.40. The minimum atomic E-state index is -1.95. The third kappa shape index (κ3) is 12.7. The first kappa shape index (κ1) is 34.8. The smallest absolute Gasteiger partial charge is 0.451 e. The lowest BCUT2D eigenvalue weighted by Gasteiger charge is -2.45. The van der Waals surface area contributed by atoms with Crippen molar-refractivity contribution in [2.24, 2.45) is 11.7 Å². The number of carbonyl (C=O) groups is 5. The van der Waals surface area contributed by atoms with Crippen LogP contribution in [-0.2, 0) is 19.1 Å². The maximum atomic E-state index is 13.7. The molecule has 3 atom stereocenters. The van der Waals surface area contributed by atoms with Crippen LogP contribution in [0.4, 0.5) is 14.4 Å². The van der Waals surface area contributed by atoms with Crippen molar-refractivity contribution in [2.75, 3.05) is 19.6 Å². The monoisotopic (exact) mass is 573 g/mol. The summed E-state index contributed by atoms with van der Waals surface area (Å²) in [7, 11) is -1.65. The number of rotatable bonds is 11. The van der Waals surface area contributed by atoms with E-state index in [-0.39, 0.29) is 45.1 Å². The topological polar surface area (TPSA) is 230 Å². The standard InChI is InChI=1S/C24H44BN5O10/c1-22(2,3)39-20(35)28-16(8-7-11-27-19(26)34)17(31)30-13-15(9-10-25(37)38)12-24(14-30,18(32)33)29-21(36)40-23(4,5)6/h15-16,37-38H,7-14H2,1-6H3,(H,28,35)(H,29,36)(H,32,33)(H3,26,27,34)/t15-,16?,24+/m0/s1. The number of aliphatic carboxylic acids is 1. The summed E-state index contributed by atoms with van der Waals surface area (Å²) in [6, 6.07) is -1.92. The van der Waals surface area contributed by atoms with E-state index in [1.165, 1.54) is 4.90 Å². The number of likely N-dealkylation sites (tertiary alicyclic amines) is 1. The molecule has 8 N–H and O–H groups in total. The van der Waals surface area contributed by atoms with Crippen LogP contribution in [0.25, 0.3) is 0 Å². The molecule has 1 aliphatic rings. The number of hydrogen-bond acceptors (Lipinski definition) is 9. The molecule has 15 nitrogen and oxygen atoms in total. The third-order valence-corrected chi connectivity index (χ3v) is 5.83. The van der Waals surface area contributed by atoms with Gasteiger partial charge in [-0.3, -0.25) is 4.79 Å². The number of nitrogens with zero attached hydrogens (tertiary/aromatic N) is 1. The molecular formula is C24H44BN5O10. The zero-order chi connectivity index (χ0) is 30.9. The Morgan fingerprint density at radius 1 is 1.05 bits per heavy atom. The molecule has 5 amide bonds. The highest BCUT2D eigenvalue weighted by atomic mass is 16.6. The second-order valence-electron chi connectivity index (χ2n) is 12.0. The summed E-state index contributed by atoms with van der Waals surface area (Å²) in [4.78, 5) is 63.7. The van der Waals surface area contributed by atoms with Crippen LogP contribution in [0.2, 0.25) is 6.32 Å². The van der Waals surface area contributed by atoms with Gasteiger partial charge in [-0.15, -0.1) is 0 Å². The predicted molar refractivity (Wildman–Crippen MR) is 144 cm³/mol. The van der Waals surface area contributed by atoms with Crippen molar-refractivity contribution >= 4 is 37.2 Å². The van der Waals surface area contributed by atoms with E-state index in [9.17, 15) is 39.1 Å². The summed E-state index contributed by atoms with van der Waals surface area (Å²) >= 11 is 0. The van der Waals surface area contributed by atoms with E-state index in [0.29, 0.717) is 0 Å². The largest absolute Gasteiger partial charge is 0.479 e. The zero-order valence-electron chi connectivity index (χ0n) is 24.1. The van der Waals surface area contributed by atoms with E-state index in [2.05, 4.69) is 16.0 Å². The second-order valence-corrected chi connectivity index (χ2v) is 12.0. The molecule has 0 aromatic carbocycles. The number of nitrogens with one attached hydrogen (secondary N) is 3. The third-order valence-electron chi connectivity index (χ3n) is 5.83. The average Bonchev–Trinajstić information content (AvgIpc) is 2.76. The van der Waals surface area contributed by atoms with Gasteiger partial charge in [0.05, 0.1) is 6.54 Å². The van der Waals surface area contributed by atoms with E-state index in [4.69, 9.17) is 15.2 Å². The minimum absolute atomic E-state index is 0.0304. The van der Waals surface area contributed by atoms with Gasteiger partial charge in [-0.25, -0.2) is 19.2 Å². The number of piperidine rings is 1. The van der Waals surface area contributed by atoms with E-state index < -0.39 is 72.5 Å². The Hall–Kier alpha value is -3.27. The van der Waals surface area contributed by atoms with Crippen LogP contribution in [0.5, 0.6) is 0 Å². The van der Waals surface area contributed by atoms with Gasteiger partial charge in [-0.2, -0.15) is 0 Å². The SMILES string of the molecule is CC(C)(C)OC(=O)NC(CCCNC(N)=O)C(=O)N1C[C@@H](CCB(O)O)C[C@](NC(=O)OC(C)(C)C)(C(=O)O)C1. The van der Waals surface area contributed by atoms with E-state index in [1.807, 2.05) is 0 Å². The first-order valence-electron chi connectivity index (χ1n) is 13.2. The molecule has 0 bridgehead atoms. The molecule has 0 aliphatic carbocycles. The van der Waals surface area contributed by atoms with E-state index in [1.54, 1.807) is 41.5 Å².